The average molecular weight is 632 g/mol. The van der Waals surface area contributed by atoms with Gasteiger partial charge in [-0.1, -0.05) is 25.1 Å². The molecule has 46 heavy (non-hydrogen) atoms. The molecule has 1 aromatic carbocycles. The minimum absolute atomic E-state index is 0.0150. The number of carbonyl (C=O) groups excluding carboxylic acids is 3. The molecule has 0 bridgehead atoms. The van der Waals surface area contributed by atoms with E-state index in [1.807, 2.05) is 6.07 Å². The van der Waals surface area contributed by atoms with E-state index in [1.165, 1.54) is 6.33 Å². The molecule has 0 radical (unpaired) electrons. The van der Waals surface area contributed by atoms with Gasteiger partial charge in [-0.2, -0.15) is 5.10 Å². The van der Waals surface area contributed by atoms with Gasteiger partial charge in [0.05, 0.1) is 23.6 Å². The first-order valence-corrected chi connectivity index (χ1v) is 16.2. The van der Waals surface area contributed by atoms with Crippen molar-refractivity contribution in [2.45, 2.75) is 82.0 Å². The molecule has 4 aliphatic carbocycles. The first-order chi connectivity index (χ1) is 22.0. The number of carbonyl (C=O) groups is 3. The molecule has 2 heterocycles. The van der Waals surface area contributed by atoms with Crippen molar-refractivity contribution in [2.24, 2.45) is 33.7 Å². The van der Waals surface area contributed by atoms with E-state index in [1.54, 1.807) is 36.6 Å². The van der Waals surface area contributed by atoms with E-state index in [-0.39, 0.29) is 48.1 Å². The smallest absolute Gasteiger partial charge is 0.331 e. The zero-order chi connectivity index (χ0) is 32.3. The number of fused-ring (bicyclic) bond motifs is 5. The van der Waals surface area contributed by atoms with Gasteiger partial charge in [0.2, 0.25) is 0 Å². The van der Waals surface area contributed by atoms with E-state index in [0.717, 1.165) is 12.0 Å². The molecule has 0 spiro atoms. The third-order valence-corrected chi connectivity index (χ3v) is 12.2. The second kappa shape index (κ2) is 11.1. The van der Waals surface area contributed by atoms with Gasteiger partial charge < -0.3 is 30.4 Å². The lowest BCUT2D eigenvalue weighted by atomic mass is 9.41. The number of hydrazone groups is 1. The quantitative estimate of drug-likeness (QED) is 0.159. The van der Waals surface area contributed by atoms with Gasteiger partial charge in [0, 0.05) is 35.2 Å². The van der Waals surface area contributed by atoms with Crippen molar-refractivity contribution in [2.75, 3.05) is 11.9 Å². The highest BCUT2D eigenvalue weighted by Crippen LogP contribution is 2.70. The summed E-state index contributed by atoms with van der Waals surface area (Å²) in [6.45, 7) is 2.40. The molecular weight excluding hydrogens is 590 g/mol. The van der Waals surface area contributed by atoms with E-state index < -0.39 is 40.0 Å². The van der Waals surface area contributed by atoms with Crippen LogP contribution in [0.5, 0.6) is 0 Å². The number of cyclic esters (lactones) is 1. The Morgan fingerprint density at radius 1 is 1.04 bits per heavy atom. The number of nitrogens with one attached hydrogen (secondary N) is 3. The maximum Gasteiger partial charge on any atom is 0.331 e. The number of ether oxygens (including phenoxy) is 1. The second-order valence-corrected chi connectivity index (χ2v) is 14.2. The topological polar surface area (TPSA) is 186 Å². The largest absolute Gasteiger partial charge is 0.458 e. The summed E-state index contributed by atoms with van der Waals surface area (Å²) in [5, 5.41) is 42.6. The summed E-state index contributed by atoms with van der Waals surface area (Å²) in [5.74, 6) is -1.81. The SMILES string of the molecule is C[C@]12CC[C@H]3[C@@H](CC[C@]4(O)C[C@H](O)CC[C@]34/C=N\NC(=O)c3nc[nH]c3C(=O)Nc3ccccc3)[C@@]1(O)CC[C@H]2C1=CC(=O)OC1. The molecule has 4 fully saturated rings. The number of para-hydroxylation sites is 1. The highest BCUT2D eigenvalue weighted by Gasteiger charge is 2.71. The summed E-state index contributed by atoms with van der Waals surface area (Å²) in [5.41, 5.74) is 0.255. The first-order valence-electron chi connectivity index (χ1n) is 16.2. The van der Waals surface area contributed by atoms with E-state index in [4.69, 9.17) is 4.74 Å². The Hall–Kier alpha value is -3.87. The minimum Gasteiger partial charge on any atom is -0.458 e. The third-order valence-electron chi connectivity index (χ3n) is 12.2. The molecule has 8 atom stereocenters. The Labute approximate surface area is 266 Å². The first kappa shape index (κ1) is 30.8. The van der Waals surface area contributed by atoms with Crippen LogP contribution in [-0.4, -0.2) is 73.2 Å². The lowest BCUT2D eigenvalue weighted by molar-refractivity contribution is -0.237. The Morgan fingerprint density at radius 3 is 2.59 bits per heavy atom. The van der Waals surface area contributed by atoms with Crippen LogP contribution in [0.25, 0.3) is 0 Å². The number of benzene rings is 1. The molecule has 1 aromatic heterocycles. The number of aromatic amines is 1. The monoisotopic (exact) mass is 631 g/mol. The van der Waals surface area contributed by atoms with Gasteiger partial charge in [-0.15, -0.1) is 0 Å². The van der Waals surface area contributed by atoms with Crippen LogP contribution in [-0.2, 0) is 9.53 Å². The lowest BCUT2D eigenvalue weighted by Gasteiger charge is -2.65. The predicted molar refractivity (Wildman–Crippen MR) is 166 cm³/mol. The Bertz CT molecular complexity index is 1610. The number of H-pyrrole nitrogens is 1. The van der Waals surface area contributed by atoms with Crippen LogP contribution >= 0.6 is 0 Å². The van der Waals surface area contributed by atoms with Crippen molar-refractivity contribution in [1.29, 1.82) is 0 Å². The summed E-state index contributed by atoms with van der Waals surface area (Å²) in [7, 11) is 0. The molecule has 0 saturated heterocycles. The summed E-state index contributed by atoms with van der Waals surface area (Å²) in [6.07, 6.45) is 8.62. The number of hydrogen-bond acceptors (Lipinski definition) is 9. The predicted octanol–water partition coefficient (Wildman–Crippen LogP) is 3.09. The molecule has 2 aromatic rings. The van der Waals surface area contributed by atoms with Crippen molar-refractivity contribution in [1.82, 2.24) is 15.4 Å². The summed E-state index contributed by atoms with van der Waals surface area (Å²) in [6, 6.07) is 8.86. The summed E-state index contributed by atoms with van der Waals surface area (Å²) in [4.78, 5) is 44.9. The minimum atomic E-state index is -1.27. The number of esters is 1. The van der Waals surface area contributed by atoms with E-state index in [0.29, 0.717) is 50.6 Å². The van der Waals surface area contributed by atoms with Crippen molar-refractivity contribution < 1.29 is 34.4 Å². The maximum atomic E-state index is 13.3. The van der Waals surface area contributed by atoms with Gasteiger partial charge >= 0.3 is 5.97 Å². The molecule has 7 rings (SSSR count). The van der Waals surface area contributed by atoms with E-state index in [2.05, 4.69) is 32.7 Å². The molecule has 244 valence electrons. The van der Waals surface area contributed by atoms with Gasteiger partial charge in [0.1, 0.15) is 12.3 Å². The molecular formula is C34H41N5O7. The van der Waals surface area contributed by atoms with Crippen LogP contribution in [0.4, 0.5) is 5.69 Å². The molecule has 12 nitrogen and oxygen atoms in total. The number of anilines is 1. The number of aliphatic hydroxyl groups excluding tert-OH is 1. The fourth-order valence-corrected chi connectivity index (χ4v) is 9.97. The molecule has 12 heteroatoms. The van der Waals surface area contributed by atoms with E-state index in [9.17, 15) is 29.7 Å². The normalized spacial score (nSPS) is 38.3. The molecule has 4 saturated carbocycles. The van der Waals surface area contributed by atoms with Gasteiger partial charge in [-0.25, -0.2) is 15.2 Å². The van der Waals surface area contributed by atoms with Crippen LogP contribution in [0.2, 0.25) is 0 Å². The second-order valence-electron chi connectivity index (χ2n) is 14.2. The standard InChI is InChI=1S/C34H41N5O7/c1-31-11-8-24-25(34(31,45)14-10-23(31)20-15-26(41)46-17-20)9-13-33(44)16-22(40)7-12-32(24,33)18-37-39-30(43)28-27(35-19-36-28)29(42)38-21-5-3-2-4-6-21/h2-6,15,18-19,22-25,40,44-45H,7-14,16-17H2,1H3,(H,35,36)(H,38,42)(H,39,43)/b37-18-/t22-,23+,24+,25-,31-,32+,33+,34+/m1/s1. The molecule has 6 N–H and O–H groups in total. The number of aromatic nitrogens is 2. The zero-order valence-corrected chi connectivity index (χ0v) is 25.9. The fraction of sp³-hybridized carbons (Fsp3) is 0.559. The third kappa shape index (κ3) is 4.64. The summed E-state index contributed by atoms with van der Waals surface area (Å²) < 4.78 is 5.24. The Balaban J connectivity index is 1.15. The maximum absolute atomic E-state index is 13.3. The Kier molecular flexibility index (Phi) is 7.45. The van der Waals surface area contributed by atoms with Crippen LogP contribution < -0.4 is 10.7 Å². The zero-order valence-electron chi connectivity index (χ0n) is 25.9. The van der Waals surface area contributed by atoms with Crippen LogP contribution in [0.1, 0.15) is 85.7 Å². The van der Waals surface area contributed by atoms with Gasteiger partial charge in [0.15, 0.2) is 5.69 Å². The number of rotatable bonds is 6. The van der Waals surface area contributed by atoms with Crippen molar-refractivity contribution in [3.63, 3.8) is 0 Å². The van der Waals surface area contributed by atoms with E-state index >= 15 is 0 Å². The van der Waals surface area contributed by atoms with Gasteiger partial charge in [-0.3, -0.25) is 9.59 Å². The lowest BCUT2D eigenvalue weighted by Crippen LogP contribution is -2.68. The number of amides is 2. The average Bonchev–Trinajstić information content (AvgIpc) is 3.75. The number of nitrogens with zero attached hydrogens (tertiary/aromatic N) is 2. The van der Waals surface area contributed by atoms with Crippen LogP contribution in [0.15, 0.2) is 53.4 Å². The highest BCUT2D eigenvalue weighted by molar-refractivity contribution is 6.10. The molecule has 0 unspecified atom stereocenters. The Morgan fingerprint density at radius 2 is 1.83 bits per heavy atom. The van der Waals surface area contributed by atoms with Gasteiger partial charge in [-0.05, 0) is 86.8 Å². The number of imidazole rings is 1. The number of hydrogen-bond donors (Lipinski definition) is 6. The van der Waals surface area contributed by atoms with Crippen molar-refractivity contribution >= 4 is 29.7 Å². The molecule has 2 amide bonds. The summed E-state index contributed by atoms with van der Waals surface area (Å²) >= 11 is 0. The molecule has 5 aliphatic rings. The van der Waals surface area contributed by atoms with Gasteiger partial charge in [0.25, 0.3) is 11.8 Å². The number of aliphatic hydroxyl groups is 3. The van der Waals surface area contributed by atoms with Crippen molar-refractivity contribution in [3.8, 4) is 0 Å². The highest BCUT2D eigenvalue weighted by atomic mass is 16.5. The molecule has 1 aliphatic heterocycles. The fourth-order valence-electron chi connectivity index (χ4n) is 9.97. The van der Waals surface area contributed by atoms with Crippen molar-refractivity contribution in [3.05, 3.63) is 59.7 Å². The van der Waals surface area contributed by atoms with Crippen LogP contribution in [0.3, 0.4) is 0 Å². The van der Waals surface area contributed by atoms with Crippen LogP contribution in [0, 0.1) is 28.6 Å².